The van der Waals surface area contributed by atoms with Crippen LogP contribution in [0, 0.1) is 11.8 Å². The molecule has 0 aromatic carbocycles. The number of likely N-dealkylation sites (tertiary alicyclic amines) is 2. The molecular formula is C40H63N9O16. The average molecular weight is 926 g/mol. The van der Waals surface area contributed by atoms with Gasteiger partial charge in [-0.05, 0) is 63.2 Å². The molecule has 8 atom stereocenters. The highest BCUT2D eigenvalue weighted by Crippen LogP contribution is 2.22. The van der Waals surface area contributed by atoms with E-state index in [-0.39, 0.29) is 32.4 Å². The van der Waals surface area contributed by atoms with Crippen molar-refractivity contribution in [1.29, 1.82) is 0 Å². The first-order chi connectivity index (χ1) is 30.3. The Morgan fingerprint density at radius 1 is 0.523 bits per heavy atom. The van der Waals surface area contributed by atoms with Gasteiger partial charge in [0.15, 0.2) is 0 Å². The lowest BCUT2D eigenvalue weighted by atomic mass is 10.00. The van der Waals surface area contributed by atoms with Gasteiger partial charge in [-0.3, -0.25) is 52.7 Å². The molecular weight excluding hydrogens is 862 g/mol. The van der Waals surface area contributed by atoms with E-state index in [1.165, 1.54) is 4.90 Å². The summed E-state index contributed by atoms with van der Waals surface area (Å²) in [6.07, 6.45) is -3.07. The second-order valence-corrected chi connectivity index (χ2v) is 16.8. The van der Waals surface area contributed by atoms with Gasteiger partial charge in [0.05, 0.1) is 6.04 Å². The van der Waals surface area contributed by atoms with Crippen LogP contribution in [0.15, 0.2) is 0 Å². The minimum absolute atomic E-state index is 0.0705. The summed E-state index contributed by atoms with van der Waals surface area (Å²) in [5, 5.41) is 49.5. The maximum absolute atomic E-state index is 14.0. The highest BCUT2D eigenvalue weighted by atomic mass is 16.4. The second-order valence-electron chi connectivity index (χ2n) is 16.8. The monoisotopic (exact) mass is 925 g/mol. The van der Waals surface area contributed by atoms with E-state index < -0.39 is 176 Å². The molecule has 2 heterocycles. The Labute approximate surface area is 374 Å². The lowest BCUT2D eigenvalue weighted by Crippen LogP contribution is -2.60. The van der Waals surface area contributed by atoms with Gasteiger partial charge in [-0.25, -0.2) is 4.79 Å². The van der Waals surface area contributed by atoms with E-state index in [9.17, 15) is 72.9 Å². The molecule has 2 rings (SSSR count). The molecule has 0 radical (unpaired) electrons. The third-order valence-corrected chi connectivity index (χ3v) is 11.0. The molecule has 2 saturated heterocycles. The van der Waals surface area contributed by atoms with E-state index in [2.05, 4.69) is 26.6 Å². The predicted molar refractivity (Wildman–Crippen MR) is 223 cm³/mol. The van der Waals surface area contributed by atoms with E-state index in [1.807, 2.05) is 0 Å². The number of nitrogens with two attached hydrogens (primary N) is 2. The Morgan fingerprint density at radius 2 is 0.908 bits per heavy atom. The molecule has 0 aliphatic carbocycles. The van der Waals surface area contributed by atoms with Crippen molar-refractivity contribution in [2.75, 3.05) is 13.1 Å². The zero-order valence-corrected chi connectivity index (χ0v) is 36.9. The number of nitrogens with zero attached hydrogens (tertiary/aromatic N) is 2. The van der Waals surface area contributed by atoms with Gasteiger partial charge in [0.25, 0.3) is 0 Å². The number of amides is 8. The molecule has 0 aromatic rings. The van der Waals surface area contributed by atoms with Crippen molar-refractivity contribution in [1.82, 2.24) is 36.4 Å². The molecule has 0 spiro atoms. The molecule has 25 nitrogen and oxygen atoms in total. The maximum Gasteiger partial charge on any atom is 0.326 e. The van der Waals surface area contributed by atoms with E-state index in [1.54, 1.807) is 27.7 Å². The summed E-state index contributed by atoms with van der Waals surface area (Å²) >= 11 is 0. The summed E-state index contributed by atoms with van der Waals surface area (Å²) in [5.41, 5.74) is 11.2. The third kappa shape index (κ3) is 17.2. The van der Waals surface area contributed by atoms with Gasteiger partial charge in [-0.1, -0.05) is 27.7 Å². The van der Waals surface area contributed by atoms with Crippen molar-refractivity contribution in [2.45, 2.75) is 153 Å². The van der Waals surface area contributed by atoms with Gasteiger partial charge in [-0.15, -0.1) is 0 Å². The first-order valence-corrected chi connectivity index (χ1v) is 21.4. The SMILES string of the molecule is CC(C)[C@H](NC(=O)[C@@H]1CCCN1C(=O)[C@@H](NC(=O)[C@H](CCC(N)=O)NC(=O)[C@H](CCC(=O)O)NC(=O)[C@H](CCC(=O)O)NC(=O)[C@@H]1CCCN1C(=O)[C@@H](N)CCC(=O)O)C(C)C)C(=O)O. The Morgan fingerprint density at radius 3 is 1.32 bits per heavy atom. The van der Waals surface area contributed by atoms with Gasteiger partial charge < -0.3 is 68.3 Å². The molecule has 2 fully saturated rings. The van der Waals surface area contributed by atoms with E-state index in [4.69, 9.17) is 16.6 Å². The van der Waals surface area contributed by atoms with Crippen molar-refractivity contribution >= 4 is 71.1 Å². The summed E-state index contributed by atoms with van der Waals surface area (Å²) < 4.78 is 0. The number of carboxylic acids is 4. The van der Waals surface area contributed by atoms with Crippen molar-refractivity contribution in [3.8, 4) is 0 Å². The van der Waals surface area contributed by atoms with Crippen LogP contribution in [0.5, 0.6) is 0 Å². The summed E-state index contributed by atoms with van der Waals surface area (Å²) in [4.78, 5) is 155. The lowest BCUT2D eigenvalue weighted by molar-refractivity contribution is -0.146. The van der Waals surface area contributed by atoms with Crippen LogP contribution in [0.4, 0.5) is 0 Å². The Bertz CT molecular complexity index is 1810. The van der Waals surface area contributed by atoms with E-state index in [0.29, 0.717) is 12.8 Å². The molecule has 13 N–H and O–H groups in total. The zero-order chi connectivity index (χ0) is 49.3. The van der Waals surface area contributed by atoms with E-state index in [0.717, 1.165) is 4.90 Å². The van der Waals surface area contributed by atoms with Crippen LogP contribution in [0.1, 0.15) is 105 Å². The van der Waals surface area contributed by atoms with Gasteiger partial charge in [0, 0.05) is 38.8 Å². The van der Waals surface area contributed by atoms with Gasteiger partial charge in [0.1, 0.15) is 42.3 Å². The topological polar surface area (TPSA) is 404 Å². The fourth-order valence-electron chi connectivity index (χ4n) is 7.37. The van der Waals surface area contributed by atoms with Gasteiger partial charge >= 0.3 is 23.9 Å². The number of hydrogen-bond donors (Lipinski definition) is 11. The van der Waals surface area contributed by atoms with Crippen molar-refractivity contribution < 1.29 is 78.0 Å². The standard InChI is InChI=1S/C40H63N9O16/c1-19(2)31(39(63)49-18-6-8-26(49)37(61)47-32(20(3)4)40(64)65)46-35(59)22(10-13-27(42)50)43-33(57)23(11-15-29(53)54)44-34(58)24(12-16-30(55)56)45-36(60)25-7-5-17-48(25)38(62)21(41)9-14-28(51)52/h19-26,31-32H,5-18,41H2,1-4H3,(H2,42,50)(H,43,57)(H,44,58)(H,45,60)(H,46,59)(H,47,61)(H,51,52)(H,53,54)(H,55,56)(H,64,65)/t21-,22-,23-,24-,25-,26-,31-,32-/m0/s1. The van der Waals surface area contributed by atoms with Crippen LogP contribution in [-0.2, 0) is 57.5 Å². The van der Waals surface area contributed by atoms with Gasteiger partial charge in [0.2, 0.25) is 47.3 Å². The molecule has 2 aliphatic rings. The average Bonchev–Trinajstić information content (AvgIpc) is 3.92. The molecule has 0 saturated carbocycles. The number of aliphatic carboxylic acids is 4. The summed E-state index contributed by atoms with van der Waals surface area (Å²) in [5.74, 6) is -13.6. The maximum atomic E-state index is 14.0. The zero-order valence-electron chi connectivity index (χ0n) is 36.9. The largest absolute Gasteiger partial charge is 0.481 e. The molecule has 0 bridgehead atoms. The molecule has 2 aliphatic heterocycles. The van der Waals surface area contributed by atoms with Crippen LogP contribution in [-0.4, -0.2) is 163 Å². The summed E-state index contributed by atoms with van der Waals surface area (Å²) in [7, 11) is 0. The molecule has 8 amide bonds. The number of carbonyl (C=O) groups is 12. The lowest BCUT2D eigenvalue weighted by Gasteiger charge is -2.32. The smallest absolute Gasteiger partial charge is 0.326 e. The number of primary amides is 1. The fourth-order valence-corrected chi connectivity index (χ4v) is 7.37. The fraction of sp³-hybridized carbons (Fsp3) is 0.700. The number of carbonyl (C=O) groups excluding carboxylic acids is 8. The summed E-state index contributed by atoms with van der Waals surface area (Å²) in [6.45, 7) is 6.53. The van der Waals surface area contributed by atoms with Crippen molar-refractivity contribution in [3.63, 3.8) is 0 Å². The molecule has 25 heteroatoms. The van der Waals surface area contributed by atoms with Crippen molar-refractivity contribution in [2.24, 2.45) is 23.3 Å². The molecule has 65 heavy (non-hydrogen) atoms. The van der Waals surface area contributed by atoms with Crippen LogP contribution in [0.3, 0.4) is 0 Å². The molecule has 364 valence electrons. The molecule has 0 unspecified atom stereocenters. The summed E-state index contributed by atoms with van der Waals surface area (Å²) in [6, 6.07) is -11.1. The number of rotatable bonds is 27. The number of carboxylic acid groups (broad SMARTS) is 4. The van der Waals surface area contributed by atoms with Crippen LogP contribution < -0.4 is 38.1 Å². The van der Waals surface area contributed by atoms with E-state index >= 15 is 0 Å². The molecule has 0 aromatic heterocycles. The van der Waals surface area contributed by atoms with Crippen molar-refractivity contribution in [3.05, 3.63) is 0 Å². The highest BCUT2D eigenvalue weighted by Gasteiger charge is 2.42. The second kappa shape index (κ2) is 25.8. The minimum Gasteiger partial charge on any atom is -0.481 e. The first kappa shape index (κ1) is 54.7. The quantitative estimate of drug-likeness (QED) is 0.0390. The first-order valence-electron chi connectivity index (χ1n) is 21.4. The van der Waals surface area contributed by atoms with Gasteiger partial charge in [-0.2, -0.15) is 0 Å². The number of hydrogen-bond acceptors (Lipinski definition) is 13. The van der Waals surface area contributed by atoms with Crippen LogP contribution in [0.25, 0.3) is 0 Å². The van der Waals surface area contributed by atoms with Crippen LogP contribution in [0.2, 0.25) is 0 Å². The Balaban J connectivity index is 2.35. The van der Waals surface area contributed by atoms with Crippen LogP contribution >= 0.6 is 0 Å². The minimum atomic E-state index is -1.75. The normalized spacial score (nSPS) is 18.6. The highest BCUT2D eigenvalue weighted by molar-refractivity contribution is 5.98. The Hall–Kier alpha value is -6.40. The Kier molecular flexibility index (Phi) is 21.7. The predicted octanol–water partition coefficient (Wildman–Crippen LogP) is -3.02. The number of nitrogens with one attached hydrogen (secondary N) is 5. The third-order valence-electron chi connectivity index (χ3n) is 11.0.